The van der Waals surface area contributed by atoms with Crippen molar-refractivity contribution >= 4 is 11.6 Å². The fourth-order valence-electron chi connectivity index (χ4n) is 3.27. The first kappa shape index (κ1) is 14.9. The molecule has 4 rings (SSSR count). The topological polar surface area (TPSA) is 88.0 Å². The molecule has 0 fully saturated rings. The third-order valence-electron chi connectivity index (χ3n) is 4.56. The highest BCUT2D eigenvalue weighted by molar-refractivity contribution is 5.76. The second-order valence-electron chi connectivity index (χ2n) is 6.16. The van der Waals surface area contributed by atoms with Gasteiger partial charge in [0.25, 0.3) is 0 Å². The molecule has 0 radical (unpaired) electrons. The summed E-state index contributed by atoms with van der Waals surface area (Å²) in [5.41, 5.74) is 4.42. The van der Waals surface area contributed by atoms with E-state index in [1.54, 1.807) is 0 Å². The zero-order valence-corrected chi connectivity index (χ0v) is 13.5. The molecule has 1 aliphatic carbocycles. The fourth-order valence-corrected chi connectivity index (χ4v) is 3.27. The van der Waals surface area contributed by atoms with Crippen LogP contribution in [0.2, 0.25) is 0 Å². The van der Waals surface area contributed by atoms with Crippen molar-refractivity contribution in [2.24, 2.45) is 0 Å². The Morgan fingerprint density at radius 1 is 1.25 bits per heavy atom. The van der Waals surface area contributed by atoms with Crippen LogP contribution in [0.3, 0.4) is 0 Å². The van der Waals surface area contributed by atoms with Gasteiger partial charge in [-0.1, -0.05) is 6.07 Å². The Hall–Kier alpha value is -2.70. The molecule has 7 nitrogen and oxygen atoms in total. The van der Waals surface area contributed by atoms with E-state index in [0.717, 1.165) is 30.0 Å². The van der Waals surface area contributed by atoms with Crippen LogP contribution in [-0.4, -0.2) is 30.7 Å². The minimum atomic E-state index is 0.00948. The Balaban J connectivity index is 1.33. The summed E-state index contributed by atoms with van der Waals surface area (Å²) < 4.78 is 1.88. The number of nitrogens with one attached hydrogen (secondary N) is 2. The highest BCUT2D eigenvalue weighted by atomic mass is 16.1. The summed E-state index contributed by atoms with van der Waals surface area (Å²) in [6.07, 6.45) is 7.61. The number of hydrogen-bond donors (Lipinski definition) is 2. The maximum Gasteiger partial charge on any atom is 0.220 e. The lowest BCUT2D eigenvalue weighted by atomic mass is 9.95. The first-order chi connectivity index (χ1) is 11.8. The molecule has 0 aromatic carbocycles. The third-order valence-corrected chi connectivity index (χ3v) is 4.56. The van der Waals surface area contributed by atoms with Gasteiger partial charge in [0.1, 0.15) is 0 Å². The van der Waals surface area contributed by atoms with Gasteiger partial charge in [-0.15, -0.1) is 10.2 Å². The molecular weight excluding hydrogens is 304 g/mol. The second-order valence-corrected chi connectivity index (χ2v) is 6.16. The van der Waals surface area contributed by atoms with Gasteiger partial charge in [0.2, 0.25) is 5.91 Å². The molecule has 1 aliphatic rings. The van der Waals surface area contributed by atoms with Crippen molar-refractivity contribution in [2.75, 3.05) is 0 Å². The standard InChI is InChI=1S/C17H20N6O/c24-17(9-8-14-12-5-1-2-6-13(12)19-20-14)18-11-16-22-21-15-7-3-4-10-23(15)16/h3-4,7,10H,1-2,5-6,8-9,11H2,(H,18,24)(H,19,20). The van der Waals surface area contributed by atoms with E-state index >= 15 is 0 Å². The predicted molar refractivity (Wildman–Crippen MR) is 88.4 cm³/mol. The van der Waals surface area contributed by atoms with E-state index in [9.17, 15) is 4.79 Å². The van der Waals surface area contributed by atoms with Crippen molar-refractivity contribution in [1.29, 1.82) is 0 Å². The Morgan fingerprint density at radius 2 is 2.17 bits per heavy atom. The zero-order valence-electron chi connectivity index (χ0n) is 13.5. The largest absolute Gasteiger partial charge is 0.349 e. The molecule has 3 aromatic heterocycles. The van der Waals surface area contributed by atoms with Crippen LogP contribution in [0.5, 0.6) is 0 Å². The average Bonchev–Trinajstić information content (AvgIpc) is 3.22. The van der Waals surface area contributed by atoms with E-state index < -0.39 is 0 Å². The SMILES string of the molecule is O=C(CCc1n[nH]c2c1CCCC2)NCc1nnc2ccccn12. The molecular formula is C17H20N6O. The maximum atomic E-state index is 12.1. The molecule has 0 aliphatic heterocycles. The molecule has 2 N–H and O–H groups in total. The molecule has 3 heterocycles. The van der Waals surface area contributed by atoms with E-state index in [1.807, 2.05) is 28.8 Å². The van der Waals surface area contributed by atoms with Crippen molar-refractivity contribution in [1.82, 2.24) is 30.1 Å². The maximum absolute atomic E-state index is 12.1. The van der Waals surface area contributed by atoms with Gasteiger partial charge in [0.15, 0.2) is 11.5 Å². The molecule has 0 saturated carbocycles. The van der Waals surface area contributed by atoms with Crippen LogP contribution in [0.15, 0.2) is 24.4 Å². The van der Waals surface area contributed by atoms with Crippen LogP contribution in [-0.2, 0) is 30.6 Å². The Kier molecular flexibility index (Phi) is 3.98. The number of hydrogen-bond acceptors (Lipinski definition) is 4. The number of fused-ring (bicyclic) bond motifs is 2. The highest BCUT2D eigenvalue weighted by Gasteiger charge is 2.17. The number of carbonyl (C=O) groups excluding carboxylic acids is 1. The number of rotatable bonds is 5. The molecule has 24 heavy (non-hydrogen) atoms. The smallest absolute Gasteiger partial charge is 0.220 e. The van der Waals surface area contributed by atoms with Gasteiger partial charge in [-0.2, -0.15) is 5.10 Å². The highest BCUT2D eigenvalue weighted by Crippen LogP contribution is 2.22. The number of pyridine rings is 1. The monoisotopic (exact) mass is 324 g/mol. The van der Waals surface area contributed by atoms with Crippen molar-refractivity contribution in [3.8, 4) is 0 Å². The number of amides is 1. The lowest BCUT2D eigenvalue weighted by Gasteiger charge is -2.11. The molecule has 124 valence electrons. The summed E-state index contributed by atoms with van der Waals surface area (Å²) in [6, 6.07) is 5.72. The van der Waals surface area contributed by atoms with Crippen LogP contribution in [0.25, 0.3) is 5.65 Å². The van der Waals surface area contributed by atoms with E-state index in [2.05, 4.69) is 25.7 Å². The number of carbonyl (C=O) groups is 1. The number of aromatic amines is 1. The summed E-state index contributed by atoms with van der Waals surface area (Å²) in [6.45, 7) is 0.378. The third kappa shape index (κ3) is 2.89. The fraction of sp³-hybridized carbons (Fsp3) is 0.412. The van der Waals surface area contributed by atoms with Gasteiger partial charge in [0.05, 0.1) is 12.2 Å². The van der Waals surface area contributed by atoms with E-state index in [1.165, 1.54) is 24.1 Å². The number of H-pyrrole nitrogens is 1. The molecule has 3 aromatic rings. The van der Waals surface area contributed by atoms with Gasteiger partial charge >= 0.3 is 0 Å². The van der Waals surface area contributed by atoms with Crippen LogP contribution in [0, 0.1) is 0 Å². The van der Waals surface area contributed by atoms with E-state index in [-0.39, 0.29) is 5.91 Å². The molecule has 0 saturated heterocycles. The molecule has 0 spiro atoms. The van der Waals surface area contributed by atoms with Gasteiger partial charge in [-0.3, -0.25) is 14.3 Å². The van der Waals surface area contributed by atoms with E-state index in [4.69, 9.17) is 0 Å². The summed E-state index contributed by atoms with van der Waals surface area (Å²) in [5.74, 6) is 0.742. The van der Waals surface area contributed by atoms with Gasteiger partial charge in [-0.05, 0) is 43.4 Å². The quantitative estimate of drug-likeness (QED) is 0.746. The number of nitrogens with zero attached hydrogens (tertiary/aromatic N) is 4. The molecule has 0 unspecified atom stereocenters. The lowest BCUT2D eigenvalue weighted by molar-refractivity contribution is -0.121. The van der Waals surface area contributed by atoms with Gasteiger partial charge in [-0.25, -0.2) is 0 Å². The first-order valence-electron chi connectivity index (χ1n) is 8.41. The van der Waals surface area contributed by atoms with Gasteiger partial charge < -0.3 is 5.32 Å². The summed E-state index contributed by atoms with van der Waals surface area (Å²) in [7, 11) is 0. The Labute approximate surface area is 139 Å². The predicted octanol–water partition coefficient (Wildman–Crippen LogP) is 1.58. The lowest BCUT2D eigenvalue weighted by Crippen LogP contribution is -2.24. The number of aromatic nitrogens is 5. The summed E-state index contributed by atoms with van der Waals surface area (Å²) >= 11 is 0. The van der Waals surface area contributed by atoms with Crippen LogP contribution < -0.4 is 5.32 Å². The minimum Gasteiger partial charge on any atom is -0.349 e. The second kappa shape index (κ2) is 6.43. The van der Waals surface area contributed by atoms with Gasteiger partial charge in [0, 0.05) is 24.7 Å². The molecule has 7 heteroatoms. The van der Waals surface area contributed by atoms with Crippen molar-refractivity contribution < 1.29 is 4.79 Å². The van der Waals surface area contributed by atoms with Crippen molar-refractivity contribution in [3.05, 3.63) is 47.2 Å². The molecule has 1 amide bonds. The normalized spacial score (nSPS) is 13.8. The minimum absolute atomic E-state index is 0.00948. The first-order valence-corrected chi connectivity index (χ1v) is 8.41. The molecule has 0 bridgehead atoms. The van der Waals surface area contributed by atoms with E-state index in [0.29, 0.717) is 19.4 Å². The summed E-state index contributed by atoms with van der Waals surface area (Å²) in [4.78, 5) is 12.1. The average molecular weight is 324 g/mol. The van der Waals surface area contributed by atoms with Crippen LogP contribution >= 0.6 is 0 Å². The van der Waals surface area contributed by atoms with Crippen molar-refractivity contribution in [3.63, 3.8) is 0 Å². The Bertz CT molecular complexity index is 865. The van der Waals surface area contributed by atoms with Crippen LogP contribution in [0.1, 0.15) is 42.0 Å². The zero-order chi connectivity index (χ0) is 16.4. The Morgan fingerprint density at radius 3 is 3.12 bits per heavy atom. The number of aryl methyl sites for hydroxylation is 2. The summed E-state index contributed by atoms with van der Waals surface area (Å²) in [5, 5.41) is 18.6. The van der Waals surface area contributed by atoms with Crippen LogP contribution in [0.4, 0.5) is 0 Å². The van der Waals surface area contributed by atoms with Crippen molar-refractivity contribution in [2.45, 2.75) is 45.1 Å². The molecule has 0 atom stereocenters.